The number of carbonyl (C=O) groups is 1. The monoisotopic (exact) mass is 184 g/mol. The summed E-state index contributed by atoms with van der Waals surface area (Å²) in [6.45, 7) is 0. The number of nitrogens with zero attached hydrogens (tertiary/aromatic N) is 1. The second-order valence-electron chi connectivity index (χ2n) is 3.97. The zero-order chi connectivity index (χ0) is 9.42. The predicted molar refractivity (Wildman–Crippen MR) is 48.3 cm³/mol. The van der Waals surface area contributed by atoms with Crippen molar-refractivity contribution in [3.05, 3.63) is 0 Å². The maximum absolute atomic E-state index is 11.5. The van der Waals surface area contributed by atoms with Gasteiger partial charge < -0.3 is 15.3 Å². The molecule has 2 saturated heterocycles. The van der Waals surface area contributed by atoms with E-state index in [1.807, 2.05) is 4.90 Å². The van der Waals surface area contributed by atoms with Gasteiger partial charge in [-0.2, -0.15) is 0 Å². The van der Waals surface area contributed by atoms with E-state index in [1.54, 1.807) is 7.05 Å². The van der Waals surface area contributed by atoms with E-state index in [0.29, 0.717) is 0 Å². The Hall–Kier alpha value is -0.770. The highest BCUT2D eigenvalue weighted by atomic mass is 16.3. The van der Waals surface area contributed by atoms with Crippen molar-refractivity contribution >= 4 is 6.03 Å². The number of nitrogens with one attached hydrogen (secondary N) is 1. The fourth-order valence-electron chi connectivity index (χ4n) is 2.61. The molecule has 4 heteroatoms. The maximum Gasteiger partial charge on any atom is 0.317 e. The Bertz CT molecular complexity index is 206. The molecule has 0 saturated carbocycles. The fraction of sp³-hybridized carbons (Fsp3) is 0.889. The zero-order valence-corrected chi connectivity index (χ0v) is 7.86. The van der Waals surface area contributed by atoms with E-state index in [2.05, 4.69) is 5.32 Å². The van der Waals surface area contributed by atoms with Crippen molar-refractivity contribution in [3.63, 3.8) is 0 Å². The van der Waals surface area contributed by atoms with Crippen LogP contribution < -0.4 is 5.32 Å². The Morgan fingerprint density at radius 2 is 1.92 bits per heavy atom. The van der Waals surface area contributed by atoms with Crippen LogP contribution in [0.3, 0.4) is 0 Å². The summed E-state index contributed by atoms with van der Waals surface area (Å²) in [6, 6.07) is 0.557. The molecule has 13 heavy (non-hydrogen) atoms. The van der Waals surface area contributed by atoms with Gasteiger partial charge in [0.2, 0.25) is 0 Å². The van der Waals surface area contributed by atoms with Gasteiger partial charge in [-0.1, -0.05) is 0 Å². The molecule has 2 heterocycles. The van der Waals surface area contributed by atoms with Crippen LogP contribution in [-0.2, 0) is 0 Å². The predicted octanol–water partition coefficient (Wildman–Crippen LogP) is 0.313. The van der Waals surface area contributed by atoms with Crippen molar-refractivity contribution in [1.29, 1.82) is 0 Å². The number of aliphatic hydroxyl groups is 1. The molecule has 74 valence electrons. The molecule has 2 aliphatic heterocycles. The Balaban J connectivity index is 2.10. The number of amides is 2. The lowest BCUT2D eigenvalue weighted by Crippen LogP contribution is -2.51. The van der Waals surface area contributed by atoms with Gasteiger partial charge in [-0.05, 0) is 25.7 Å². The van der Waals surface area contributed by atoms with Crippen molar-refractivity contribution in [2.45, 2.75) is 43.9 Å². The van der Waals surface area contributed by atoms with Crippen LogP contribution in [-0.4, -0.2) is 41.3 Å². The summed E-state index contributed by atoms with van der Waals surface area (Å²) in [4.78, 5) is 13.4. The van der Waals surface area contributed by atoms with Crippen LogP contribution in [0.15, 0.2) is 0 Å². The number of hydrogen-bond donors (Lipinski definition) is 2. The summed E-state index contributed by atoms with van der Waals surface area (Å²) >= 11 is 0. The maximum atomic E-state index is 11.5. The van der Waals surface area contributed by atoms with Gasteiger partial charge in [0.25, 0.3) is 0 Å². The molecule has 2 N–H and O–H groups in total. The molecule has 2 rings (SSSR count). The number of carbonyl (C=O) groups excluding carboxylic acids is 1. The number of fused-ring (bicyclic) bond motifs is 2. The average Bonchev–Trinajstić information content (AvgIpc) is 2.37. The normalized spacial score (nSPS) is 37.7. The van der Waals surface area contributed by atoms with E-state index >= 15 is 0 Å². The topological polar surface area (TPSA) is 52.6 Å². The van der Waals surface area contributed by atoms with E-state index in [-0.39, 0.29) is 24.2 Å². The van der Waals surface area contributed by atoms with Gasteiger partial charge in [-0.3, -0.25) is 0 Å². The van der Waals surface area contributed by atoms with Crippen LogP contribution in [0.2, 0.25) is 0 Å². The largest absolute Gasteiger partial charge is 0.393 e. The number of piperidine rings is 1. The van der Waals surface area contributed by atoms with Crippen LogP contribution in [0.25, 0.3) is 0 Å². The molecular formula is C9H16N2O2. The molecular weight excluding hydrogens is 168 g/mol. The first-order valence-electron chi connectivity index (χ1n) is 4.90. The molecule has 0 aromatic heterocycles. The van der Waals surface area contributed by atoms with Gasteiger partial charge in [0.05, 0.1) is 6.10 Å². The summed E-state index contributed by atoms with van der Waals surface area (Å²) < 4.78 is 0. The summed E-state index contributed by atoms with van der Waals surface area (Å²) in [5.74, 6) is 0. The minimum atomic E-state index is -0.196. The quantitative estimate of drug-likeness (QED) is 0.569. The molecule has 4 nitrogen and oxygen atoms in total. The summed E-state index contributed by atoms with van der Waals surface area (Å²) in [7, 11) is 1.66. The third-order valence-corrected chi connectivity index (χ3v) is 3.16. The fourth-order valence-corrected chi connectivity index (χ4v) is 2.61. The highest BCUT2D eigenvalue weighted by Crippen LogP contribution is 2.35. The lowest BCUT2D eigenvalue weighted by Gasteiger charge is -2.36. The third kappa shape index (κ3) is 1.39. The standard InChI is InChI=1S/C9H16N2O2/c1-10-9(13)11-6-2-3-7(11)5-8(12)4-6/h6-8,12H,2-5H2,1H3,(H,10,13). The van der Waals surface area contributed by atoms with Gasteiger partial charge in [0, 0.05) is 19.1 Å². The van der Waals surface area contributed by atoms with Gasteiger partial charge in [-0.15, -0.1) is 0 Å². The lowest BCUT2D eigenvalue weighted by molar-refractivity contribution is 0.0548. The lowest BCUT2D eigenvalue weighted by atomic mass is 10.0. The summed E-state index contributed by atoms with van der Waals surface area (Å²) in [5.41, 5.74) is 0. The molecule has 2 aliphatic rings. The van der Waals surface area contributed by atoms with Gasteiger partial charge >= 0.3 is 6.03 Å². The molecule has 2 fully saturated rings. The van der Waals surface area contributed by atoms with Crippen molar-refractivity contribution in [2.75, 3.05) is 7.05 Å². The first-order valence-corrected chi connectivity index (χ1v) is 4.90. The van der Waals surface area contributed by atoms with Gasteiger partial charge in [0.15, 0.2) is 0 Å². The van der Waals surface area contributed by atoms with E-state index in [0.717, 1.165) is 25.7 Å². The number of rotatable bonds is 0. The molecule has 2 amide bonds. The molecule has 2 unspecified atom stereocenters. The molecule has 0 spiro atoms. The number of urea groups is 1. The molecule has 0 radical (unpaired) electrons. The summed E-state index contributed by atoms with van der Waals surface area (Å²) in [6.07, 6.45) is 3.41. The first kappa shape index (κ1) is 8.81. The van der Waals surface area contributed by atoms with Crippen LogP contribution in [0.4, 0.5) is 4.79 Å². The minimum absolute atomic E-state index is 0.0133. The van der Waals surface area contributed by atoms with Crippen LogP contribution in [0, 0.1) is 0 Å². The summed E-state index contributed by atoms with van der Waals surface area (Å²) in [5, 5.41) is 12.2. The van der Waals surface area contributed by atoms with E-state index in [1.165, 1.54) is 0 Å². The third-order valence-electron chi connectivity index (χ3n) is 3.16. The van der Waals surface area contributed by atoms with Gasteiger partial charge in [0.1, 0.15) is 0 Å². The van der Waals surface area contributed by atoms with E-state index < -0.39 is 0 Å². The second kappa shape index (κ2) is 3.18. The molecule has 0 aromatic carbocycles. The molecule has 0 aliphatic carbocycles. The molecule has 0 aromatic rings. The Kier molecular flexibility index (Phi) is 2.15. The highest BCUT2D eigenvalue weighted by Gasteiger charge is 2.42. The smallest absolute Gasteiger partial charge is 0.317 e. The second-order valence-corrected chi connectivity index (χ2v) is 3.97. The van der Waals surface area contributed by atoms with Crippen molar-refractivity contribution in [3.8, 4) is 0 Å². The number of aliphatic hydroxyl groups excluding tert-OH is 1. The zero-order valence-electron chi connectivity index (χ0n) is 7.86. The van der Waals surface area contributed by atoms with Crippen molar-refractivity contribution in [1.82, 2.24) is 10.2 Å². The van der Waals surface area contributed by atoms with Crippen LogP contribution in [0.1, 0.15) is 25.7 Å². The Morgan fingerprint density at radius 3 is 2.38 bits per heavy atom. The Morgan fingerprint density at radius 1 is 1.38 bits per heavy atom. The van der Waals surface area contributed by atoms with Crippen LogP contribution in [0.5, 0.6) is 0 Å². The highest BCUT2D eigenvalue weighted by molar-refractivity contribution is 5.75. The first-order chi connectivity index (χ1) is 6.22. The average molecular weight is 184 g/mol. The number of hydrogen-bond acceptors (Lipinski definition) is 2. The molecule has 2 atom stereocenters. The van der Waals surface area contributed by atoms with E-state index in [4.69, 9.17) is 0 Å². The van der Waals surface area contributed by atoms with Crippen LogP contribution >= 0.6 is 0 Å². The molecule has 2 bridgehead atoms. The van der Waals surface area contributed by atoms with E-state index in [9.17, 15) is 9.90 Å². The van der Waals surface area contributed by atoms with Gasteiger partial charge in [-0.25, -0.2) is 4.79 Å². The van der Waals surface area contributed by atoms with Crippen molar-refractivity contribution < 1.29 is 9.90 Å². The Labute approximate surface area is 77.9 Å². The SMILES string of the molecule is CNC(=O)N1C2CCC1CC(O)C2. The van der Waals surface area contributed by atoms with Crippen molar-refractivity contribution in [2.24, 2.45) is 0 Å². The minimum Gasteiger partial charge on any atom is -0.393 e.